The third-order valence-corrected chi connectivity index (χ3v) is 20.4. The molecule has 0 aliphatic rings. The number of unbranched alkanes of at least 4 members (excludes halogenated alkanes) is 63. The van der Waals surface area contributed by atoms with E-state index in [-0.39, 0.29) is 18.5 Å². The van der Waals surface area contributed by atoms with Crippen LogP contribution in [0.2, 0.25) is 0 Å². The summed E-state index contributed by atoms with van der Waals surface area (Å²) in [7, 11) is 0. The lowest BCUT2D eigenvalue weighted by molar-refractivity contribution is -0.143. The Morgan fingerprint density at radius 2 is 0.526 bits per heavy atom. The van der Waals surface area contributed by atoms with Crippen molar-refractivity contribution in [2.24, 2.45) is 0 Å². The van der Waals surface area contributed by atoms with Gasteiger partial charge < -0.3 is 20.3 Å². The number of rotatable bonds is 82. The maximum absolute atomic E-state index is 12.6. The van der Waals surface area contributed by atoms with Gasteiger partial charge in [0.2, 0.25) is 5.91 Å². The Bertz CT molecular complexity index is 1590. The smallest absolute Gasteiger partial charge is 0.305 e. The number of ether oxygens (including phenoxy) is 1. The summed E-state index contributed by atoms with van der Waals surface area (Å²) in [5.41, 5.74) is 0. The molecule has 0 aliphatic heterocycles. The molecule has 0 saturated heterocycles. The van der Waals surface area contributed by atoms with E-state index in [1.165, 1.54) is 392 Å². The first-order valence-corrected chi connectivity index (χ1v) is 43.4. The van der Waals surface area contributed by atoms with Crippen molar-refractivity contribution < 1.29 is 24.5 Å². The Hall–Kier alpha value is -2.18. The largest absolute Gasteiger partial charge is 0.466 e. The van der Waals surface area contributed by atoms with Crippen LogP contribution >= 0.6 is 0 Å². The number of amides is 1. The molecule has 2 atom stereocenters. The molecule has 0 aromatic heterocycles. The maximum atomic E-state index is 12.6. The van der Waals surface area contributed by atoms with Crippen LogP contribution in [0.1, 0.15) is 483 Å². The standard InChI is InChI=1S/C89H169NO5/c1-3-5-7-9-11-13-15-17-19-21-23-43-46-49-53-57-61-65-69-73-77-81-87(92)86(85-91)90-88(93)82-78-74-70-66-62-58-54-50-47-44-41-39-37-35-33-31-29-27-25-24-26-28-30-32-34-36-38-40-42-45-48-52-56-60-64-68-72-76-80-84-95-89(94)83-79-75-71-67-63-59-55-51-22-20-18-16-14-12-10-8-6-4-2/h14,16,20,22,24-25,28,30,86-87,91-92H,3-13,15,17-19,21,23,26-27,29,31-85H2,1-2H3,(H,90,93)/b16-14-,22-20-,25-24-,30-28-. The molecule has 2 unspecified atom stereocenters. The SMILES string of the molecule is CCCCCC/C=C\C/C=C\CCCCCCCCCC(=O)OCCCCCCCCCCCCCCCCC/C=C\C/C=C\CCCCCCCCCCCCCCCCCCCC(=O)NC(CO)C(O)CCCCCCCCCCCCCCCCCCCCCCC. The van der Waals surface area contributed by atoms with Crippen LogP contribution in [0, 0.1) is 0 Å². The number of hydrogen-bond acceptors (Lipinski definition) is 5. The second kappa shape index (κ2) is 84.2. The fourth-order valence-corrected chi connectivity index (χ4v) is 13.8. The lowest BCUT2D eigenvalue weighted by Gasteiger charge is -2.22. The highest BCUT2D eigenvalue weighted by molar-refractivity contribution is 5.76. The molecule has 0 bridgehead atoms. The second-order valence-corrected chi connectivity index (χ2v) is 29.9. The van der Waals surface area contributed by atoms with E-state index in [4.69, 9.17) is 4.74 Å². The molecule has 1 amide bonds. The first-order chi connectivity index (χ1) is 47.0. The highest BCUT2D eigenvalue weighted by atomic mass is 16.5. The van der Waals surface area contributed by atoms with E-state index in [0.717, 1.165) is 57.8 Å². The van der Waals surface area contributed by atoms with Gasteiger partial charge in [-0.25, -0.2) is 0 Å². The number of esters is 1. The Balaban J connectivity index is 3.35. The summed E-state index contributed by atoms with van der Waals surface area (Å²) >= 11 is 0. The van der Waals surface area contributed by atoms with Crippen LogP contribution in [0.15, 0.2) is 48.6 Å². The van der Waals surface area contributed by atoms with Gasteiger partial charge in [0.25, 0.3) is 0 Å². The van der Waals surface area contributed by atoms with Crippen LogP contribution < -0.4 is 5.32 Å². The van der Waals surface area contributed by atoms with Crippen molar-refractivity contribution in [2.45, 2.75) is 495 Å². The Morgan fingerprint density at radius 1 is 0.295 bits per heavy atom. The molecule has 0 rings (SSSR count). The summed E-state index contributed by atoms with van der Waals surface area (Å²) in [5.74, 6) is -0.0131. The lowest BCUT2D eigenvalue weighted by Crippen LogP contribution is -2.45. The third-order valence-electron chi connectivity index (χ3n) is 20.4. The van der Waals surface area contributed by atoms with Crippen molar-refractivity contribution in [2.75, 3.05) is 13.2 Å². The Kier molecular flexibility index (Phi) is 82.3. The number of carbonyl (C=O) groups is 2. The van der Waals surface area contributed by atoms with Gasteiger partial charge in [-0.05, 0) is 89.9 Å². The van der Waals surface area contributed by atoms with Crippen LogP contribution in [-0.2, 0) is 14.3 Å². The zero-order valence-corrected chi connectivity index (χ0v) is 64.4. The fraction of sp³-hybridized carbons (Fsp3) is 0.888. The molecule has 0 radical (unpaired) electrons. The summed E-state index contributed by atoms with van der Waals surface area (Å²) in [6, 6.07) is -0.541. The van der Waals surface area contributed by atoms with E-state index in [9.17, 15) is 19.8 Å². The highest BCUT2D eigenvalue weighted by Crippen LogP contribution is 2.20. The fourth-order valence-electron chi connectivity index (χ4n) is 13.8. The van der Waals surface area contributed by atoms with Crippen LogP contribution in [0.4, 0.5) is 0 Å². The zero-order valence-electron chi connectivity index (χ0n) is 64.4. The molecule has 0 heterocycles. The minimum atomic E-state index is -0.664. The van der Waals surface area contributed by atoms with Crippen LogP contribution in [0.5, 0.6) is 0 Å². The summed E-state index contributed by atoms with van der Waals surface area (Å²) in [4.78, 5) is 24.7. The van der Waals surface area contributed by atoms with Gasteiger partial charge in [0.05, 0.1) is 25.4 Å². The topological polar surface area (TPSA) is 95.9 Å². The number of carbonyl (C=O) groups excluding carboxylic acids is 2. The highest BCUT2D eigenvalue weighted by Gasteiger charge is 2.20. The minimum absolute atomic E-state index is 0.0136. The second-order valence-electron chi connectivity index (χ2n) is 29.9. The number of aliphatic hydroxyl groups excluding tert-OH is 2. The number of nitrogens with one attached hydrogen (secondary N) is 1. The van der Waals surface area contributed by atoms with E-state index in [1.54, 1.807) is 0 Å². The zero-order chi connectivity index (χ0) is 68.4. The Morgan fingerprint density at radius 3 is 0.811 bits per heavy atom. The molecule has 0 spiro atoms. The van der Waals surface area contributed by atoms with Gasteiger partial charge in [-0.2, -0.15) is 0 Å². The van der Waals surface area contributed by atoms with E-state index >= 15 is 0 Å². The Labute approximate surface area is 595 Å². The number of hydrogen-bond donors (Lipinski definition) is 3. The predicted octanol–water partition coefficient (Wildman–Crippen LogP) is 29.1. The van der Waals surface area contributed by atoms with Gasteiger partial charge in [-0.15, -0.1) is 0 Å². The van der Waals surface area contributed by atoms with Gasteiger partial charge in [-0.3, -0.25) is 9.59 Å². The lowest BCUT2D eigenvalue weighted by atomic mass is 10.0. The van der Waals surface area contributed by atoms with E-state index in [1.807, 2.05) is 0 Å². The van der Waals surface area contributed by atoms with E-state index in [2.05, 4.69) is 67.8 Å². The molecule has 6 nitrogen and oxygen atoms in total. The molecule has 6 heteroatoms. The average Bonchev–Trinajstić information content (AvgIpc) is 2.99. The van der Waals surface area contributed by atoms with Gasteiger partial charge in [0.15, 0.2) is 0 Å². The molecule has 3 N–H and O–H groups in total. The van der Waals surface area contributed by atoms with Crippen molar-refractivity contribution >= 4 is 11.9 Å². The van der Waals surface area contributed by atoms with E-state index < -0.39 is 12.1 Å². The molecule has 0 saturated carbocycles. The molecular formula is C89H169NO5. The van der Waals surface area contributed by atoms with Crippen molar-refractivity contribution in [3.63, 3.8) is 0 Å². The average molecular weight is 1330 g/mol. The normalized spacial score (nSPS) is 12.7. The van der Waals surface area contributed by atoms with Crippen LogP contribution in [0.25, 0.3) is 0 Å². The molecule has 0 aliphatic carbocycles. The minimum Gasteiger partial charge on any atom is -0.466 e. The molecule has 0 aromatic carbocycles. The van der Waals surface area contributed by atoms with Crippen molar-refractivity contribution in [3.8, 4) is 0 Å². The summed E-state index contributed by atoms with van der Waals surface area (Å²) in [6.45, 7) is 4.99. The summed E-state index contributed by atoms with van der Waals surface area (Å²) in [5, 5.41) is 23.5. The molecule has 0 aromatic rings. The van der Waals surface area contributed by atoms with Crippen molar-refractivity contribution in [1.29, 1.82) is 0 Å². The maximum Gasteiger partial charge on any atom is 0.305 e. The van der Waals surface area contributed by atoms with Crippen molar-refractivity contribution in [1.82, 2.24) is 5.32 Å². The first kappa shape index (κ1) is 92.8. The monoisotopic (exact) mass is 1330 g/mol. The van der Waals surface area contributed by atoms with E-state index in [0.29, 0.717) is 25.9 Å². The van der Waals surface area contributed by atoms with Crippen molar-refractivity contribution in [3.05, 3.63) is 48.6 Å². The molecule has 95 heavy (non-hydrogen) atoms. The molecule has 0 fully saturated rings. The summed E-state index contributed by atoms with van der Waals surface area (Å²) < 4.78 is 5.51. The third kappa shape index (κ3) is 80.7. The van der Waals surface area contributed by atoms with Crippen LogP contribution in [0.3, 0.4) is 0 Å². The number of aliphatic hydroxyl groups is 2. The van der Waals surface area contributed by atoms with Gasteiger partial charge in [0.1, 0.15) is 0 Å². The first-order valence-electron chi connectivity index (χ1n) is 43.4. The number of allylic oxidation sites excluding steroid dienone is 8. The van der Waals surface area contributed by atoms with Gasteiger partial charge in [-0.1, -0.05) is 428 Å². The van der Waals surface area contributed by atoms with Gasteiger partial charge >= 0.3 is 5.97 Å². The predicted molar refractivity (Wildman–Crippen MR) is 421 cm³/mol. The quantitative estimate of drug-likeness (QED) is 0.0320. The van der Waals surface area contributed by atoms with Gasteiger partial charge in [0, 0.05) is 12.8 Å². The molecular weight excluding hydrogens is 1160 g/mol. The van der Waals surface area contributed by atoms with Crippen LogP contribution in [-0.4, -0.2) is 47.4 Å². The summed E-state index contributed by atoms with van der Waals surface area (Å²) in [6.07, 6.45) is 112. The molecule has 560 valence electrons.